The SMILES string of the molecule is O=S([O-])NN1CCc2cccc(Cl)c21. The molecule has 0 amide bonds. The van der Waals surface area contributed by atoms with Gasteiger partial charge in [-0.25, -0.2) is 0 Å². The fraction of sp³-hybridized carbons (Fsp3) is 0.250. The monoisotopic (exact) mass is 231 g/mol. The zero-order chi connectivity index (χ0) is 10.1. The van der Waals surface area contributed by atoms with Crippen molar-refractivity contribution in [1.82, 2.24) is 4.83 Å². The molecule has 0 aromatic heterocycles. The van der Waals surface area contributed by atoms with Crippen LogP contribution in [0, 0.1) is 0 Å². The second-order valence-corrected chi connectivity index (χ2v) is 4.03. The maximum absolute atomic E-state index is 10.5. The molecule has 1 unspecified atom stereocenters. The van der Waals surface area contributed by atoms with E-state index in [0.717, 1.165) is 17.7 Å². The summed E-state index contributed by atoms with van der Waals surface area (Å²) >= 11 is 3.66. The van der Waals surface area contributed by atoms with Crippen LogP contribution in [0.4, 0.5) is 5.69 Å². The van der Waals surface area contributed by atoms with Gasteiger partial charge in [-0.15, -0.1) is 0 Å². The first-order valence-corrected chi connectivity index (χ1v) is 5.54. The maximum atomic E-state index is 10.5. The minimum absolute atomic E-state index is 0.568. The van der Waals surface area contributed by atoms with E-state index < -0.39 is 11.3 Å². The van der Waals surface area contributed by atoms with Crippen LogP contribution in [-0.2, 0) is 17.7 Å². The Morgan fingerprint density at radius 1 is 1.57 bits per heavy atom. The van der Waals surface area contributed by atoms with E-state index in [4.69, 9.17) is 11.6 Å². The first kappa shape index (κ1) is 9.92. The predicted molar refractivity (Wildman–Crippen MR) is 54.6 cm³/mol. The maximum Gasteiger partial charge on any atom is 0.0748 e. The molecule has 4 nitrogen and oxygen atoms in total. The standard InChI is InChI=1S/C8H9ClN2O2S/c9-7-3-1-2-6-4-5-11(8(6)7)10-14(12)13/h1-3,10H,4-5H2,(H,12,13)/p-1. The molecule has 14 heavy (non-hydrogen) atoms. The lowest BCUT2D eigenvalue weighted by atomic mass is 10.2. The number of fused-ring (bicyclic) bond motifs is 1. The highest BCUT2D eigenvalue weighted by Gasteiger charge is 2.21. The van der Waals surface area contributed by atoms with Crippen LogP contribution in [0.3, 0.4) is 0 Å². The topological polar surface area (TPSA) is 55.4 Å². The van der Waals surface area contributed by atoms with Gasteiger partial charge in [0.2, 0.25) is 0 Å². The molecule has 0 radical (unpaired) electrons. The molecule has 1 N–H and O–H groups in total. The Labute approximate surface area is 89.3 Å². The van der Waals surface area contributed by atoms with Gasteiger partial charge in [0.05, 0.1) is 10.7 Å². The van der Waals surface area contributed by atoms with Crippen molar-refractivity contribution in [2.24, 2.45) is 0 Å². The molecule has 0 spiro atoms. The van der Waals surface area contributed by atoms with E-state index in [0.29, 0.717) is 11.6 Å². The van der Waals surface area contributed by atoms with Crippen LogP contribution in [-0.4, -0.2) is 15.3 Å². The van der Waals surface area contributed by atoms with E-state index in [-0.39, 0.29) is 0 Å². The van der Waals surface area contributed by atoms with Crippen molar-refractivity contribution in [2.75, 3.05) is 11.6 Å². The minimum Gasteiger partial charge on any atom is -0.759 e. The van der Waals surface area contributed by atoms with Gasteiger partial charge in [-0.1, -0.05) is 23.7 Å². The van der Waals surface area contributed by atoms with E-state index in [9.17, 15) is 8.76 Å². The number of nitrogens with zero attached hydrogens (tertiary/aromatic N) is 1. The van der Waals surface area contributed by atoms with Crippen LogP contribution >= 0.6 is 11.6 Å². The third-order valence-corrected chi connectivity index (χ3v) is 2.80. The average molecular weight is 232 g/mol. The van der Waals surface area contributed by atoms with Gasteiger partial charge in [-0.05, 0) is 18.1 Å². The third-order valence-electron chi connectivity index (χ3n) is 2.13. The van der Waals surface area contributed by atoms with Crippen LogP contribution in [0.2, 0.25) is 5.02 Å². The Balaban J connectivity index is 2.33. The summed E-state index contributed by atoms with van der Waals surface area (Å²) in [6.07, 6.45) is 0.806. The quantitative estimate of drug-likeness (QED) is 0.773. The van der Waals surface area contributed by atoms with Gasteiger partial charge < -0.3 is 4.55 Å². The molecule has 6 heteroatoms. The summed E-state index contributed by atoms with van der Waals surface area (Å²) < 4.78 is 21.0. The van der Waals surface area contributed by atoms with Crippen molar-refractivity contribution in [2.45, 2.75) is 6.42 Å². The molecule has 1 aliphatic heterocycles. The van der Waals surface area contributed by atoms with Crippen LogP contribution in [0.25, 0.3) is 0 Å². The molecule has 1 aromatic rings. The van der Waals surface area contributed by atoms with Gasteiger partial charge in [0.25, 0.3) is 0 Å². The van der Waals surface area contributed by atoms with Crippen molar-refractivity contribution >= 4 is 28.6 Å². The van der Waals surface area contributed by atoms with Gasteiger partial charge in [0.15, 0.2) is 0 Å². The smallest absolute Gasteiger partial charge is 0.0748 e. The summed E-state index contributed by atoms with van der Waals surface area (Å²) in [4.78, 5) is 2.30. The lowest BCUT2D eigenvalue weighted by Gasteiger charge is -2.22. The Morgan fingerprint density at radius 3 is 3.07 bits per heavy atom. The Hall–Kier alpha value is -0.620. The van der Waals surface area contributed by atoms with Crippen molar-refractivity contribution in [3.63, 3.8) is 0 Å². The first-order chi connectivity index (χ1) is 6.68. The number of halogens is 1. The summed E-state index contributed by atoms with van der Waals surface area (Å²) in [5.41, 5.74) is 1.83. The number of rotatable bonds is 2. The van der Waals surface area contributed by atoms with Gasteiger partial charge >= 0.3 is 0 Å². The van der Waals surface area contributed by atoms with Gasteiger partial charge in [-0.2, -0.15) is 4.83 Å². The Morgan fingerprint density at radius 2 is 2.36 bits per heavy atom. The minimum atomic E-state index is -2.30. The van der Waals surface area contributed by atoms with Crippen molar-refractivity contribution < 1.29 is 8.76 Å². The largest absolute Gasteiger partial charge is 0.759 e. The Kier molecular flexibility index (Phi) is 2.73. The highest BCUT2D eigenvalue weighted by atomic mass is 35.5. The first-order valence-electron chi connectivity index (χ1n) is 4.09. The molecule has 0 fully saturated rings. The van der Waals surface area contributed by atoms with E-state index >= 15 is 0 Å². The molecule has 0 aliphatic carbocycles. The molecule has 0 saturated heterocycles. The Bertz CT molecular complexity index is 386. The second-order valence-electron chi connectivity index (χ2n) is 2.98. The molecular weight excluding hydrogens is 224 g/mol. The third kappa shape index (κ3) is 1.76. The summed E-state index contributed by atoms with van der Waals surface area (Å²) in [6.45, 7) is 0.618. The molecule has 1 aliphatic rings. The van der Waals surface area contributed by atoms with E-state index in [1.165, 1.54) is 0 Å². The lowest BCUT2D eigenvalue weighted by Crippen LogP contribution is -2.37. The van der Waals surface area contributed by atoms with Crippen LogP contribution in [0.1, 0.15) is 5.56 Å². The summed E-state index contributed by atoms with van der Waals surface area (Å²) in [6, 6.07) is 5.55. The number of hydrogen-bond donors (Lipinski definition) is 1. The van der Waals surface area contributed by atoms with Gasteiger partial charge in [0.1, 0.15) is 0 Å². The number of anilines is 1. The van der Waals surface area contributed by atoms with E-state index in [1.54, 1.807) is 11.1 Å². The van der Waals surface area contributed by atoms with Crippen molar-refractivity contribution in [3.05, 3.63) is 28.8 Å². The zero-order valence-corrected chi connectivity index (χ0v) is 8.77. The number of para-hydroxylation sites is 1. The van der Waals surface area contributed by atoms with Gasteiger partial charge in [-0.3, -0.25) is 9.22 Å². The molecule has 2 rings (SSSR count). The van der Waals surface area contributed by atoms with E-state index in [1.807, 2.05) is 12.1 Å². The highest BCUT2D eigenvalue weighted by molar-refractivity contribution is 7.77. The zero-order valence-electron chi connectivity index (χ0n) is 7.20. The van der Waals surface area contributed by atoms with Gasteiger partial charge in [0, 0.05) is 17.8 Å². The molecule has 76 valence electrons. The van der Waals surface area contributed by atoms with E-state index in [2.05, 4.69) is 4.83 Å². The predicted octanol–water partition coefficient (Wildman–Crippen LogP) is 1.00. The summed E-state index contributed by atoms with van der Waals surface area (Å²) in [5, 5.41) is 2.11. The molecule has 0 bridgehead atoms. The fourth-order valence-corrected chi connectivity index (χ4v) is 2.25. The molecule has 1 heterocycles. The second kappa shape index (κ2) is 3.86. The summed E-state index contributed by atoms with van der Waals surface area (Å²) in [5.74, 6) is 0. The van der Waals surface area contributed by atoms with Crippen LogP contribution in [0.5, 0.6) is 0 Å². The number of nitrogens with one attached hydrogen (secondary N) is 1. The number of benzene rings is 1. The average Bonchev–Trinajstić information content (AvgIpc) is 2.49. The highest BCUT2D eigenvalue weighted by Crippen LogP contribution is 2.33. The van der Waals surface area contributed by atoms with Crippen molar-refractivity contribution in [1.29, 1.82) is 0 Å². The lowest BCUT2D eigenvalue weighted by molar-refractivity contribution is 0.520. The molecular formula is C8H8ClN2O2S-. The van der Waals surface area contributed by atoms with Crippen molar-refractivity contribution in [3.8, 4) is 0 Å². The molecule has 0 saturated carbocycles. The molecule has 1 atom stereocenters. The number of hydrazine groups is 1. The van der Waals surface area contributed by atoms with Crippen LogP contribution in [0.15, 0.2) is 18.2 Å². The molecule has 1 aromatic carbocycles. The number of hydrogen-bond acceptors (Lipinski definition) is 3. The fourth-order valence-electron chi connectivity index (χ4n) is 1.59. The summed E-state index contributed by atoms with van der Waals surface area (Å²) in [7, 11) is 0. The normalized spacial score (nSPS) is 16.9. The van der Waals surface area contributed by atoms with Crippen LogP contribution < -0.4 is 9.84 Å².